The monoisotopic (exact) mass is 351 g/mol. The fourth-order valence-electron chi connectivity index (χ4n) is 2.07. The van der Waals surface area contributed by atoms with E-state index in [9.17, 15) is 4.79 Å². The number of carbonyl (C=O) groups excluding carboxylic acids is 1. The van der Waals surface area contributed by atoms with Gasteiger partial charge in [0, 0.05) is 12.7 Å². The van der Waals surface area contributed by atoms with Crippen molar-refractivity contribution in [3.05, 3.63) is 34.7 Å². The van der Waals surface area contributed by atoms with Crippen LogP contribution in [-0.4, -0.2) is 42.0 Å². The Labute approximate surface area is 146 Å². The first kappa shape index (κ1) is 18.0. The summed E-state index contributed by atoms with van der Waals surface area (Å²) in [5.41, 5.74) is 0.899. The first-order chi connectivity index (χ1) is 11.2. The molecule has 1 aliphatic heterocycles. The molecular formula is C17H21NO3S2. The minimum Gasteiger partial charge on any atom is -0.493 e. The number of nitrogens with zero attached hydrogens (tertiary/aromatic N) is 1. The predicted molar refractivity (Wildman–Crippen MR) is 98.6 cm³/mol. The van der Waals surface area contributed by atoms with E-state index in [4.69, 9.17) is 21.7 Å². The van der Waals surface area contributed by atoms with Gasteiger partial charge < -0.3 is 9.47 Å². The summed E-state index contributed by atoms with van der Waals surface area (Å²) in [4.78, 5) is 14.7. The van der Waals surface area contributed by atoms with E-state index in [0.717, 1.165) is 24.2 Å². The molecule has 1 saturated heterocycles. The van der Waals surface area contributed by atoms with Gasteiger partial charge in [-0.1, -0.05) is 55.5 Å². The van der Waals surface area contributed by atoms with Crippen LogP contribution >= 0.6 is 24.0 Å². The minimum atomic E-state index is -0.0691. The van der Waals surface area contributed by atoms with Gasteiger partial charge in [-0.25, -0.2) is 0 Å². The molecule has 0 bridgehead atoms. The molecule has 0 aliphatic carbocycles. The highest BCUT2D eigenvalue weighted by atomic mass is 32.2. The molecule has 1 aromatic rings. The molecule has 0 unspecified atom stereocenters. The molecule has 124 valence electrons. The SMILES string of the molecule is CCCCOc1ccccc1C=C1SC(=S)N(CCOC)C1=O. The van der Waals surface area contributed by atoms with E-state index >= 15 is 0 Å². The van der Waals surface area contributed by atoms with Crippen LogP contribution in [-0.2, 0) is 9.53 Å². The summed E-state index contributed by atoms with van der Waals surface area (Å²) in [5, 5.41) is 0. The number of para-hydroxylation sites is 1. The molecule has 1 amide bonds. The van der Waals surface area contributed by atoms with Crippen LogP contribution in [0.25, 0.3) is 6.08 Å². The van der Waals surface area contributed by atoms with Crippen LogP contribution in [0.3, 0.4) is 0 Å². The third-order valence-electron chi connectivity index (χ3n) is 3.35. The topological polar surface area (TPSA) is 38.8 Å². The van der Waals surface area contributed by atoms with Gasteiger partial charge in [0.2, 0.25) is 0 Å². The van der Waals surface area contributed by atoms with Crippen LogP contribution in [0.1, 0.15) is 25.3 Å². The van der Waals surface area contributed by atoms with E-state index in [2.05, 4.69) is 6.92 Å². The number of hydrogen-bond acceptors (Lipinski definition) is 5. The zero-order chi connectivity index (χ0) is 16.7. The van der Waals surface area contributed by atoms with E-state index in [-0.39, 0.29) is 5.91 Å². The molecule has 1 heterocycles. The van der Waals surface area contributed by atoms with Gasteiger partial charge in [-0.2, -0.15) is 0 Å². The van der Waals surface area contributed by atoms with Crippen LogP contribution in [0, 0.1) is 0 Å². The maximum Gasteiger partial charge on any atom is 0.266 e. The molecule has 0 radical (unpaired) electrons. The van der Waals surface area contributed by atoms with Gasteiger partial charge in [0.25, 0.3) is 5.91 Å². The lowest BCUT2D eigenvalue weighted by atomic mass is 10.2. The average Bonchev–Trinajstić information content (AvgIpc) is 2.81. The van der Waals surface area contributed by atoms with Crippen molar-refractivity contribution in [2.45, 2.75) is 19.8 Å². The number of unbranched alkanes of at least 4 members (excludes halogenated alkanes) is 1. The second-order valence-corrected chi connectivity index (χ2v) is 6.74. The second-order valence-electron chi connectivity index (χ2n) is 5.07. The molecule has 1 fully saturated rings. The summed E-state index contributed by atoms with van der Waals surface area (Å²) in [6, 6.07) is 7.74. The maximum absolute atomic E-state index is 12.5. The third-order valence-corrected chi connectivity index (χ3v) is 4.73. The maximum atomic E-state index is 12.5. The predicted octanol–water partition coefficient (Wildman–Crippen LogP) is 3.71. The number of hydrogen-bond donors (Lipinski definition) is 0. The average molecular weight is 351 g/mol. The Bertz CT molecular complexity index is 601. The number of thioether (sulfide) groups is 1. The number of benzene rings is 1. The van der Waals surface area contributed by atoms with Crippen LogP contribution in [0.2, 0.25) is 0 Å². The van der Waals surface area contributed by atoms with Gasteiger partial charge >= 0.3 is 0 Å². The molecule has 0 saturated carbocycles. The molecule has 1 aromatic carbocycles. The van der Waals surface area contributed by atoms with Gasteiger partial charge in [0.15, 0.2) is 0 Å². The Hall–Kier alpha value is -1.37. The molecule has 1 aliphatic rings. The van der Waals surface area contributed by atoms with E-state index in [1.54, 1.807) is 12.0 Å². The van der Waals surface area contributed by atoms with Crippen molar-refractivity contribution in [2.24, 2.45) is 0 Å². The second kappa shape index (κ2) is 9.05. The lowest BCUT2D eigenvalue weighted by Crippen LogP contribution is -2.31. The minimum absolute atomic E-state index is 0.0691. The quantitative estimate of drug-likeness (QED) is 0.405. The van der Waals surface area contributed by atoms with Crippen LogP contribution in [0.15, 0.2) is 29.2 Å². The number of ether oxygens (including phenoxy) is 2. The summed E-state index contributed by atoms with van der Waals surface area (Å²) < 4.78 is 11.4. The Morgan fingerprint density at radius 1 is 1.30 bits per heavy atom. The highest BCUT2D eigenvalue weighted by Crippen LogP contribution is 2.34. The summed E-state index contributed by atoms with van der Waals surface area (Å²) >= 11 is 6.61. The summed E-state index contributed by atoms with van der Waals surface area (Å²) in [6.45, 7) is 3.75. The summed E-state index contributed by atoms with van der Waals surface area (Å²) in [5.74, 6) is 0.725. The highest BCUT2D eigenvalue weighted by molar-refractivity contribution is 8.26. The van der Waals surface area contributed by atoms with Crippen molar-refractivity contribution in [1.29, 1.82) is 0 Å². The van der Waals surface area contributed by atoms with Gasteiger partial charge in [-0.3, -0.25) is 9.69 Å². The van der Waals surface area contributed by atoms with Gasteiger partial charge in [-0.05, 0) is 18.6 Å². The van der Waals surface area contributed by atoms with Crippen molar-refractivity contribution in [2.75, 3.05) is 26.9 Å². The van der Waals surface area contributed by atoms with E-state index in [1.165, 1.54) is 11.8 Å². The normalized spacial score (nSPS) is 16.4. The molecule has 0 N–H and O–H groups in total. The Morgan fingerprint density at radius 3 is 2.83 bits per heavy atom. The first-order valence-electron chi connectivity index (χ1n) is 7.63. The van der Waals surface area contributed by atoms with E-state index < -0.39 is 0 Å². The van der Waals surface area contributed by atoms with Crippen LogP contribution in [0.5, 0.6) is 5.75 Å². The Kier molecular flexibility index (Phi) is 7.08. The van der Waals surface area contributed by atoms with Crippen LogP contribution < -0.4 is 4.74 Å². The molecule has 0 aromatic heterocycles. The smallest absolute Gasteiger partial charge is 0.266 e. The zero-order valence-corrected chi connectivity index (χ0v) is 15.0. The zero-order valence-electron chi connectivity index (χ0n) is 13.4. The molecule has 23 heavy (non-hydrogen) atoms. The summed E-state index contributed by atoms with van der Waals surface area (Å²) in [6.07, 6.45) is 3.95. The standard InChI is InChI=1S/C17H21NO3S2/c1-3-4-10-21-14-8-6-5-7-13(14)12-15-16(19)18(9-11-20-2)17(22)23-15/h5-8,12H,3-4,9-11H2,1-2H3. The van der Waals surface area contributed by atoms with Crippen LogP contribution in [0.4, 0.5) is 0 Å². The summed E-state index contributed by atoms with van der Waals surface area (Å²) in [7, 11) is 1.61. The number of thiocarbonyl (C=S) groups is 1. The van der Waals surface area contributed by atoms with E-state index in [0.29, 0.717) is 29.0 Å². The van der Waals surface area contributed by atoms with Crippen molar-refractivity contribution in [3.63, 3.8) is 0 Å². The molecule has 0 spiro atoms. The van der Waals surface area contributed by atoms with E-state index in [1.807, 2.05) is 30.3 Å². The lowest BCUT2D eigenvalue weighted by Gasteiger charge is -2.13. The molecule has 0 atom stereocenters. The van der Waals surface area contributed by atoms with Crippen molar-refractivity contribution >= 4 is 40.3 Å². The molecule has 4 nitrogen and oxygen atoms in total. The largest absolute Gasteiger partial charge is 0.493 e. The number of carbonyl (C=O) groups is 1. The van der Waals surface area contributed by atoms with Crippen molar-refractivity contribution in [3.8, 4) is 5.75 Å². The number of rotatable bonds is 8. The fraction of sp³-hybridized carbons (Fsp3) is 0.412. The Balaban J connectivity index is 2.15. The Morgan fingerprint density at radius 2 is 2.09 bits per heavy atom. The molecular weight excluding hydrogens is 330 g/mol. The van der Waals surface area contributed by atoms with Gasteiger partial charge in [0.1, 0.15) is 10.1 Å². The number of amides is 1. The molecule has 6 heteroatoms. The first-order valence-corrected chi connectivity index (χ1v) is 8.86. The third kappa shape index (κ3) is 4.80. The van der Waals surface area contributed by atoms with Crippen molar-refractivity contribution < 1.29 is 14.3 Å². The molecule has 2 rings (SSSR count). The highest BCUT2D eigenvalue weighted by Gasteiger charge is 2.31. The van der Waals surface area contributed by atoms with Gasteiger partial charge in [0.05, 0.1) is 24.7 Å². The lowest BCUT2D eigenvalue weighted by molar-refractivity contribution is -0.122. The number of methoxy groups -OCH3 is 1. The van der Waals surface area contributed by atoms with Crippen molar-refractivity contribution in [1.82, 2.24) is 4.90 Å². The van der Waals surface area contributed by atoms with Gasteiger partial charge in [-0.15, -0.1) is 0 Å². The fourth-order valence-corrected chi connectivity index (χ4v) is 3.37.